The van der Waals surface area contributed by atoms with Gasteiger partial charge in [-0.15, -0.1) is 12.4 Å². The molecule has 10 heteroatoms. The Bertz CT molecular complexity index is 1230. The third-order valence-electron chi connectivity index (χ3n) is 10.6. The van der Waals surface area contributed by atoms with Gasteiger partial charge in [-0.25, -0.2) is 4.79 Å². The highest BCUT2D eigenvalue weighted by molar-refractivity contribution is 5.97. The molecule has 0 bridgehead atoms. The Morgan fingerprint density at radius 2 is 1.90 bits per heavy atom. The van der Waals surface area contributed by atoms with Crippen LogP contribution in [-0.2, 0) is 28.6 Å². The highest BCUT2D eigenvalue weighted by Gasteiger charge is 2.74. The summed E-state index contributed by atoms with van der Waals surface area (Å²) >= 11 is 0. The van der Waals surface area contributed by atoms with Crippen molar-refractivity contribution in [1.29, 1.82) is 0 Å². The van der Waals surface area contributed by atoms with Gasteiger partial charge in [-0.3, -0.25) is 4.79 Å². The first kappa shape index (κ1) is 29.1. The number of furan rings is 1. The van der Waals surface area contributed by atoms with Crippen LogP contribution in [0.5, 0.6) is 0 Å². The van der Waals surface area contributed by atoms with Gasteiger partial charge in [0.2, 0.25) is 0 Å². The number of nitrogens with zero attached hydrogens (tertiary/aromatic N) is 2. The van der Waals surface area contributed by atoms with E-state index in [0.717, 1.165) is 36.2 Å². The Morgan fingerprint density at radius 1 is 1.12 bits per heavy atom. The molecule has 40 heavy (non-hydrogen) atoms. The molecule has 0 aromatic carbocycles. The Hall–Kier alpha value is -2.36. The van der Waals surface area contributed by atoms with E-state index in [-0.39, 0.29) is 54.1 Å². The van der Waals surface area contributed by atoms with E-state index in [2.05, 4.69) is 32.6 Å². The van der Waals surface area contributed by atoms with Crippen molar-refractivity contribution >= 4 is 30.1 Å². The number of esters is 2. The second-order valence-electron chi connectivity index (χ2n) is 13.3. The summed E-state index contributed by atoms with van der Waals surface area (Å²) in [6, 6.07) is 1.87. The van der Waals surface area contributed by atoms with Gasteiger partial charge < -0.3 is 28.4 Å². The van der Waals surface area contributed by atoms with Crippen LogP contribution in [0.25, 0.3) is 0 Å². The van der Waals surface area contributed by atoms with E-state index in [1.807, 2.05) is 20.2 Å². The van der Waals surface area contributed by atoms with Crippen molar-refractivity contribution < 1.29 is 33.1 Å². The number of ether oxygens (including phenoxy) is 3. The number of hydrogen-bond acceptors (Lipinski definition) is 9. The zero-order valence-corrected chi connectivity index (χ0v) is 25.0. The van der Waals surface area contributed by atoms with Crippen LogP contribution < -0.4 is 0 Å². The van der Waals surface area contributed by atoms with Crippen molar-refractivity contribution in [2.75, 3.05) is 33.9 Å². The minimum Gasteiger partial charge on any atom is -0.472 e. The lowest BCUT2D eigenvalue weighted by molar-refractivity contribution is -0.181. The summed E-state index contributed by atoms with van der Waals surface area (Å²) in [7, 11) is 4.00. The number of oxime groups is 1. The number of rotatable bonds is 5. The van der Waals surface area contributed by atoms with E-state index in [0.29, 0.717) is 19.6 Å². The molecular formula is C30H41ClN2O7. The second kappa shape index (κ2) is 9.88. The SMILES string of the molecule is CN(C)CCO/N=C1/C[C@H]2C(C)(C)O[C@H]3CC(=O)OC[C@]32[C@H]2CC[C@]3(C)C(=CC(=O)O[C@H]3c3ccoc3)[C@]12C.Cl. The Labute approximate surface area is 242 Å². The summed E-state index contributed by atoms with van der Waals surface area (Å²) in [5.74, 6) is -0.452. The largest absolute Gasteiger partial charge is 0.472 e. The minimum absolute atomic E-state index is 0. The Balaban J connectivity index is 0.00000323. The number of likely N-dealkylation sites (N-methyl/N-ethyl adjacent to an activating group) is 1. The molecule has 3 aliphatic heterocycles. The molecule has 9 nitrogen and oxygen atoms in total. The van der Waals surface area contributed by atoms with Gasteiger partial charge in [0.05, 0.1) is 36.4 Å². The predicted octanol–water partition coefficient (Wildman–Crippen LogP) is 4.71. The Kier molecular flexibility index (Phi) is 7.20. The van der Waals surface area contributed by atoms with Crippen LogP contribution in [0.15, 0.2) is 39.8 Å². The number of hydrogen-bond donors (Lipinski definition) is 0. The second-order valence-corrected chi connectivity index (χ2v) is 13.3. The van der Waals surface area contributed by atoms with E-state index in [4.69, 9.17) is 28.6 Å². The average molecular weight is 577 g/mol. The number of fused-ring (bicyclic) bond motifs is 3. The lowest BCUT2D eigenvalue weighted by atomic mass is 9.39. The molecule has 0 unspecified atom stereocenters. The van der Waals surface area contributed by atoms with Gasteiger partial charge in [0.25, 0.3) is 0 Å². The third kappa shape index (κ3) is 4.06. The van der Waals surface area contributed by atoms with Crippen molar-refractivity contribution in [2.45, 2.75) is 71.2 Å². The summed E-state index contributed by atoms with van der Waals surface area (Å²) < 4.78 is 23.9. The molecular weight excluding hydrogens is 536 g/mol. The van der Waals surface area contributed by atoms with Crippen LogP contribution >= 0.6 is 12.4 Å². The molecule has 0 N–H and O–H groups in total. The fourth-order valence-corrected chi connectivity index (χ4v) is 8.82. The van der Waals surface area contributed by atoms with E-state index in [9.17, 15) is 9.59 Å². The zero-order chi connectivity index (χ0) is 27.8. The first-order valence-electron chi connectivity index (χ1n) is 14.1. The van der Waals surface area contributed by atoms with E-state index >= 15 is 0 Å². The molecule has 0 radical (unpaired) electrons. The van der Waals surface area contributed by atoms with Gasteiger partial charge in [0, 0.05) is 40.3 Å². The summed E-state index contributed by atoms with van der Waals surface area (Å²) in [6.45, 7) is 10.2. The molecule has 6 rings (SSSR count). The van der Waals surface area contributed by atoms with Gasteiger partial charge in [0.15, 0.2) is 0 Å². The number of carbonyl (C=O) groups is 2. The molecule has 4 fully saturated rings. The highest BCUT2D eigenvalue weighted by Crippen LogP contribution is 2.72. The van der Waals surface area contributed by atoms with Crippen LogP contribution in [0, 0.1) is 28.1 Å². The quantitative estimate of drug-likeness (QED) is 0.282. The van der Waals surface area contributed by atoms with Crippen LogP contribution in [0.2, 0.25) is 0 Å². The summed E-state index contributed by atoms with van der Waals surface area (Å²) in [5.41, 5.74) is 0.849. The first-order chi connectivity index (χ1) is 18.4. The maximum Gasteiger partial charge on any atom is 0.331 e. The molecule has 2 saturated carbocycles. The monoisotopic (exact) mass is 576 g/mol. The minimum atomic E-state index is -0.616. The van der Waals surface area contributed by atoms with E-state index in [1.165, 1.54) is 0 Å². The summed E-state index contributed by atoms with van der Waals surface area (Å²) in [6.07, 6.45) is 6.78. The Morgan fingerprint density at radius 3 is 2.60 bits per heavy atom. The molecule has 0 amide bonds. The highest BCUT2D eigenvalue weighted by atomic mass is 35.5. The van der Waals surface area contributed by atoms with Crippen molar-refractivity contribution in [3.8, 4) is 0 Å². The van der Waals surface area contributed by atoms with Crippen LogP contribution in [0.3, 0.4) is 0 Å². The third-order valence-corrected chi connectivity index (χ3v) is 10.6. The molecule has 5 aliphatic rings. The summed E-state index contributed by atoms with van der Waals surface area (Å²) in [5, 5.41) is 4.84. The average Bonchev–Trinajstić information content (AvgIpc) is 3.46. The van der Waals surface area contributed by atoms with Crippen molar-refractivity contribution in [1.82, 2.24) is 4.90 Å². The van der Waals surface area contributed by atoms with Gasteiger partial charge in [-0.05, 0) is 64.8 Å². The molecule has 7 atom stereocenters. The number of carbonyl (C=O) groups excluding carboxylic acids is 2. The lowest BCUT2D eigenvalue weighted by Crippen LogP contribution is -2.66. The maximum absolute atomic E-state index is 13.2. The van der Waals surface area contributed by atoms with Crippen molar-refractivity contribution in [3.63, 3.8) is 0 Å². The first-order valence-corrected chi connectivity index (χ1v) is 14.1. The van der Waals surface area contributed by atoms with Crippen molar-refractivity contribution in [3.05, 3.63) is 35.8 Å². The van der Waals surface area contributed by atoms with Crippen LogP contribution in [-0.4, -0.2) is 68.1 Å². The van der Waals surface area contributed by atoms with E-state index in [1.54, 1.807) is 18.6 Å². The maximum atomic E-state index is 13.2. The van der Waals surface area contributed by atoms with Crippen molar-refractivity contribution in [2.24, 2.45) is 33.2 Å². The van der Waals surface area contributed by atoms with Crippen LogP contribution in [0.4, 0.5) is 0 Å². The molecule has 2 aliphatic carbocycles. The van der Waals surface area contributed by atoms with E-state index < -0.39 is 22.5 Å². The topological polar surface area (TPSA) is 99.8 Å². The molecule has 1 aromatic rings. The standard InChI is InChI=1S/C30H40N2O7.ClH/c1-27(2)20-13-22(31-37-12-10-32(5)6)29(4)19(30(20)17-36-24(33)15-23(30)39-27)7-9-28(3)21(29)14-25(34)38-26(28)18-8-11-35-16-18;/h8,11,14,16,19-20,23,26H,7,9-10,12-13,15,17H2,1-6H3;1H/b31-22-;/t19-,20-,23-,26-,28+,29+,30+;/m0./s1. The molecule has 4 heterocycles. The van der Waals surface area contributed by atoms with Gasteiger partial charge in [-0.1, -0.05) is 19.0 Å². The van der Waals surface area contributed by atoms with Gasteiger partial charge in [0.1, 0.15) is 19.3 Å². The fourth-order valence-electron chi connectivity index (χ4n) is 8.82. The molecule has 1 spiro atoms. The number of cyclic esters (lactones) is 2. The summed E-state index contributed by atoms with van der Waals surface area (Å²) in [4.78, 5) is 33.7. The predicted molar refractivity (Wildman–Crippen MR) is 149 cm³/mol. The lowest BCUT2D eigenvalue weighted by Gasteiger charge is -2.64. The number of halogens is 1. The van der Waals surface area contributed by atoms with Crippen LogP contribution in [0.1, 0.15) is 65.0 Å². The smallest absolute Gasteiger partial charge is 0.331 e. The van der Waals surface area contributed by atoms with Gasteiger partial charge in [-0.2, -0.15) is 0 Å². The zero-order valence-electron chi connectivity index (χ0n) is 24.2. The molecule has 2 saturated heterocycles. The molecule has 1 aromatic heterocycles. The van der Waals surface area contributed by atoms with Gasteiger partial charge >= 0.3 is 11.9 Å². The fraction of sp³-hybridized carbons (Fsp3) is 0.700. The molecule has 220 valence electrons. The normalized spacial score (nSPS) is 40.6.